The first-order chi connectivity index (χ1) is 12.6. The Hall–Kier alpha value is -1.27. The average Bonchev–Trinajstić information content (AvgIpc) is 2.64. The Morgan fingerprint density at radius 3 is 2.42 bits per heavy atom. The first-order valence-corrected chi connectivity index (χ1v) is 10.5. The molecule has 6 heteroatoms. The molecule has 2 rings (SSSR count). The van der Waals surface area contributed by atoms with Crippen molar-refractivity contribution in [1.29, 1.82) is 0 Å². The molecule has 1 amide bonds. The normalized spacial score (nSPS) is 14.9. The molecule has 26 heavy (non-hydrogen) atoms. The van der Waals surface area contributed by atoms with Crippen LogP contribution in [-0.2, 0) is 11.2 Å². The van der Waals surface area contributed by atoms with Gasteiger partial charge in [-0.15, -0.1) is 0 Å². The quantitative estimate of drug-likeness (QED) is 0.578. The van der Waals surface area contributed by atoms with E-state index in [2.05, 4.69) is 26.1 Å². The number of carbonyl (C=O) groups excluding carboxylic acids is 1. The second-order valence-corrected chi connectivity index (χ2v) is 7.39. The average molecular weight is 427 g/mol. The molecule has 0 atom stereocenters. The Morgan fingerprint density at radius 2 is 1.77 bits per heavy atom. The largest absolute Gasteiger partial charge is 0.490 e. The first-order valence-electron chi connectivity index (χ1n) is 9.71. The number of ether oxygens (including phenoxy) is 2. The molecule has 0 aliphatic carbocycles. The van der Waals surface area contributed by atoms with Crippen LogP contribution in [0.1, 0.15) is 45.1 Å². The Bertz CT molecular complexity index is 574. The van der Waals surface area contributed by atoms with E-state index in [0.717, 1.165) is 29.5 Å². The minimum atomic E-state index is 0.0379. The van der Waals surface area contributed by atoms with Gasteiger partial charge in [-0.25, -0.2) is 0 Å². The fraction of sp³-hybridized carbons (Fsp3) is 0.650. The van der Waals surface area contributed by atoms with Crippen LogP contribution in [0.25, 0.3) is 0 Å². The molecule has 1 fully saturated rings. The van der Waals surface area contributed by atoms with Gasteiger partial charge in [0.15, 0.2) is 11.5 Å². The number of nitrogens with one attached hydrogen (secondary N) is 1. The number of amides is 1. The van der Waals surface area contributed by atoms with Gasteiger partial charge >= 0.3 is 0 Å². The number of benzene rings is 1. The van der Waals surface area contributed by atoms with Crippen molar-refractivity contribution in [3.63, 3.8) is 0 Å². The van der Waals surface area contributed by atoms with Crippen LogP contribution in [-0.4, -0.2) is 50.2 Å². The van der Waals surface area contributed by atoms with Gasteiger partial charge in [0.25, 0.3) is 0 Å². The molecule has 0 saturated carbocycles. The third-order valence-corrected chi connectivity index (χ3v) is 5.22. The zero-order valence-corrected chi connectivity index (χ0v) is 17.6. The summed E-state index contributed by atoms with van der Waals surface area (Å²) >= 11 is 3.54. The highest BCUT2D eigenvalue weighted by atomic mass is 79.9. The van der Waals surface area contributed by atoms with Gasteiger partial charge in [0.2, 0.25) is 5.91 Å². The van der Waals surface area contributed by atoms with E-state index in [9.17, 15) is 4.79 Å². The molecule has 0 spiro atoms. The molecule has 1 aliphatic heterocycles. The summed E-state index contributed by atoms with van der Waals surface area (Å²) in [4.78, 5) is 14.8. The van der Waals surface area contributed by atoms with Crippen LogP contribution in [0.3, 0.4) is 0 Å². The highest BCUT2D eigenvalue weighted by Gasteiger charge is 2.14. The number of nitrogens with zero attached hydrogens (tertiary/aromatic N) is 1. The van der Waals surface area contributed by atoms with Gasteiger partial charge in [-0.3, -0.25) is 4.79 Å². The molecular formula is C20H31BrN2O3. The lowest BCUT2D eigenvalue weighted by molar-refractivity contribution is -0.120. The fourth-order valence-corrected chi connectivity index (χ4v) is 3.66. The van der Waals surface area contributed by atoms with E-state index in [-0.39, 0.29) is 5.91 Å². The van der Waals surface area contributed by atoms with Crippen LogP contribution in [0.4, 0.5) is 0 Å². The number of halogens is 1. The summed E-state index contributed by atoms with van der Waals surface area (Å²) in [5.74, 6) is 1.42. The van der Waals surface area contributed by atoms with Gasteiger partial charge < -0.3 is 19.7 Å². The summed E-state index contributed by atoms with van der Waals surface area (Å²) in [6.07, 6.45) is 5.30. The minimum Gasteiger partial charge on any atom is -0.490 e. The standard InChI is InChI=1S/C20H31BrN2O3/c1-3-25-18-13-16(17(21)15-19(18)26-4-2)14-20(24)22-9-8-12-23-10-6-5-7-11-23/h13,15H,3-12,14H2,1-2H3,(H,22,24). The molecule has 1 aliphatic rings. The Morgan fingerprint density at radius 1 is 1.12 bits per heavy atom. The van der Waals surface area contributed by atoms with Gasteiger partial charge in [0.1, 0.15) is 0 Å². The minimum absolute atomic E-state index is 0.0379. The SMILES string of the molecule is CCOc1cc(Br)c(CC(=O)NCCCN2CCCCC2)cc1OCC. The summed E-state index contributed by atoms with van der Waals surface area (Å²) in [6, 6.07) is 3.78. The second kappa shape index (κ2) is 11.4. The molecule has 146 valence electrons. The number of hydrogen-bond acceptors (Lipinski definition) is 4. The number of likely N-dealkylation sites (tertiary alicyclic amines) is 1. The van der Waals surface area contributed by atoms with Gasteiger partial charge in [0.05, 0.1) is 19.6 Å². The fourth-order valence-electron chi connectivity index (χ4n) is 3.20. The van der Waals surface area contributed by atoms with Crippen molar-refractivity contribution in [3.8, 4) is 11.5 Å². The molecule has 0 bridgehead atoms. The molecule has 5 nitrogen and oxygen atoms in total. The van der Waals surface area contributed by atoms with E-state index < -0.39 is 0 Å². The highest BCUT2D eigenvalue weighted by molar-refractivity contribution is 9.10. The Balaban J connectivity index is 1.82. The third-order valence-electron chi connectivity index (χ3n) is 4.49. The predicted octanol–water partition coefficient (Wildman–Crippen LogP) is 3.78. The first kappa shape index (κ1) is 21.0. The van der Waals surface area contributed by atoms with Crippen molar-refractivity contribution in [1.82, 2.24) is 10.2 Å². The summed E-state index contributed by atoms with van der Waals surface area (Å²) in [5, 5.41) is 3.03. The van der Waals surface area contributed by atoms with Crippen LogP contribution in [0.15, 0.2) is 16.6 Å². The number of carbonyl (C=O) groups is 1. The summed E-state index contributed by atoms with van der Waals surface area (Å²) in [6.45, 7) is 9.21. The molecule has 0 unspecified atom stereocenters. The number of hydrogen-bond donors (Lipinski definition) is 1. The molecular weight excluding hydrogens is 396 g/mol. The van der Waals surface area contributed by atoms with Crippen molar-refractivity contribution in [2.24, 2.45) is 0 Å². The summed E-state index contributed by atoms with van der Waals surface area (Å²) in [7, 11) is 0. The molecule has 1 aromatic carbocycles. The molecule has 0 radical (unpaired) electrons. The highest BCUT2D eigenvalue weighted by Crippen LogP contribution is 2.34. The monoisotopic (exact) mass is 426 g/mol. The van der Waals surface area contributed by atoms with Gasteiger partial charge in [-0.2, -0.15) is 0 Å². The van der Waals surface area contributed by atoms with E-state index in [4.69, 9.17) is 9.47 Å². The van der Waals surface area contributed by atoms with Gasteiger partial charge in [-0.1, -0.05) is 22.4 Å². The zero-order chi connectivity index (χ0) is 18.8. The van der Waals surface area contributed by atoms with E-state index >= 15 is 0 Å². The van der Waals surface area contributed by atoms with E-state index in [0.29, 0.717) is 31.1 Å². The van der Waals surface area contributed by atoms with Crippen LogP contribution >= 0.6 is 15.9 Å². The number of piperidine rings is 1. The van der Waals surface area contributed by atoms with Gasteiger partial charge in [-0.05, 0) is 70.4 Å². The Kier molecular flexibility index (Phi) is 9.26. The topological polar surface area (TPSA) is 50.8 Å². The summed E-state index contributed by atoms with van der Waals surface area (Å²) in [5.41, 5.74) is 0.908. The van der Waals surface area contributed by atoms with Crippen molar-refractivity contribution in [2.45, 2.75) is 46.0 Å². The van der Waals surface area contributed by atoms with Crippen molar-refractivity contribution < 1.29 is 14.3 Å². The number of rotatable bonds is 10. The molecule has 1 saturated heterocycles. The molecule has 1 N–H and O–H groups in total. The second-order valence-electron chi connectivity index (χ2n) is 6.54. The molecule has 1 heterocycles. The third kappa shape index (κ3) is 6.80. The lowest BCUT2D eigenvalue weighted by Crippen LogP contribution is -2.33. The maximum atomic E-state index is 12.3. The maximum absolute atomic E-state index is 12.3. The lowest BCUT2D eigenvalue weighted by Gasteiger charge is -2.26. The van der Waals surface area contributed by atoms with E-state index in [1.807, 2.05) is 26.0 Å². The summed E-state index contributed by atoms with van der Waals surface area (Å²) < 4.78 is 12.1. The van der Waals surface area contributed by atoms with E-state index in [1.54, 1.807) is 0 Å². The zero-order valence-electron chi connectivity index (χ0n) is 16.0. The van der Waals surface area contributed by atoms with Crippen LogP contribution in [0.2, 0.25) is 0 Å². The van der Waals surface area contributed by atoms with E-state index in [1.165, 1.54) is 32.4 Å². The van der Waals surface area contributed by atoms with Gasteiger partial charge in [0, 0.05) is 11.0 Å². The molecule has 1 aromatic rings. The van der Waals surface area contributed by atoms with Crippen LogP contribution in [0, 0.1) is 0 Å². The van der Waals surface area contributed by atoms with Crippen LogP contribution in [0.5, 0.6) is 11.5 Å². The lowest BCUT2D eigenvalue weighted by atomic mass is 10.1. The van der Waals surface area contributed by atoms with Crippen molar-refractivity contribution >= 4 is 21.8 Å². The van der Waals surface area contributed by atoms with Crippen LogP contribution < -0.4 is 14.8 Å². The maximum Gasteiger partial charge on any atom is 0.224 e. The smallest absolute Gasteiger partial charge is 0.224 e. The predicted molar refractivity (Wildman–Crippen MR) is 108 cm³/mol. The van der Waals surface area contributed by atoms with Crippen molar-refractivity contribution in [3.05, 3.63) is 22.2 Å². The molecule has 0 aromatic heterocycles. The Labute approximate surface area is 165 Å². The van der Waals surface area contributed by atoms with Crippen molar-refractivity contribution in [2.75, 3.05) is 39.4 Å².